The number of para-hydroxylation sites is 2. The van der Waals surface area contributed by atoms with Crippen molar-refractivity contribution in [3.8, 4) is 5.69 Å². The van der Waals surface area contributed by atoms with Crippen LogP contribution in [0.5, 0.6) is 0 Å². The Hall–Kier alpha value is -4.23. The van der Waals surface area contributed by atoms with E-state index >= 15 is 0 Å². The lowest BCUT2D eigenvalue weighted by atomic mass is 10.1. The first kappa shape index (κ1) is 21.6. The quantitative estimate of drug-likeness (QED) is 0.170. The molecule has 0 aliphatic carbocycles. The molecule has 1 N–H and O–H groups in total. The Balaban J connectivity index is 1.36. The van der Waals surface area contributed by atoms with Crippen molar-refractivity contribution in [2.45, 2.75) is 5.16 Å². The van der Waals surface area contributed by atoms with Gasteiger partial charge in [0.2, 0.25) is 0 Å². The first-order valence-electron chi connectivity index (χ1n) is 10.7. The van der Waals surface area contributed by atoms with E-state index in [0.29, 0.717) is 21.7 Å². The zero-order chi connectivity index (χ0) is 23.3. The summed E-state index contributed by atoms with van der Waals surface area (Å²) >= 11 is 1.19. The number of benzene rings is 4. The monoisotopic (exact) mass is 464 g/mol. The molecule has 0 aliphatic rings. The highest BCUT2D eigenvalue weighted by Crippen LogP contribution is 2.21. The summed E-state index contributed by atoms with van der Waals surface area (Å²) in [4.78, 5) is 30.4. The second-order valence-corrected chi connectivity index (χ2v) is 8.48. The number of carbonyl (C=O) groups excluding carboxylic acids is 1. The molecule has 0 unspecified atom stereocenters. The minimum Gasteiger partial charge on any atom is -0.272 e. The lowest BCUT2D eigenvalue weighted by Crippen LogP contribution is -2.24. The molecule has 0 fully saturated rings. The summed E-state index contributed by atoms with van der Waals surface area (Å²) in [6.45, 7) is 0. The number of hydrogen-bond acceptors (Lipinski definition) is 5. The van der Waals surface area contributed by atoms with Crippen molar-refractivity contribution < 1.29 is 4.79 Å². The summed E-state index contributed by atoms with van der Waals surface area (Å²) in [5, 5.41) is 7.27. The fourth-order valence-electron chi connectivity index (χ4n) is 3.71. The Morgan fingerprint density at radius 2 is 1.59 bits per heavy atom. The van der Waals surface area contributed by atoms with Crippen LogP contribution in [0, 0.1) is 0 Å². The van der Waals surface area contributed by atoms with E-state index in [0.717, 1.165) is 16.3 Å². The van der Waals surface area contributed by atoms with Crippen molar-refractivity contribution in [3.05, 3.63) is 113 Å². The maximum absolute atomic E-state index is 13.2. The van der Waals surface area contributed by atoms with E-state index in [1.165, 1.54) is 11.8 Å². The number of hydrazone groups is 1. The second-order valence-electron chi connectivity index (χ2n) is 7.54. The molecule has 4 aromatic carbocycles. The van der Waals surface area contributed by atoms with Gasteiger partial charge in [-0.25, -0.2) is 10.4 Å². The van der Waals surface area contributed by atoms with E-state index in [1.54, 1.807) is 22.9 Å². The number of thioether (sulfide) groups is 1. The Kier molecular flexibility index (Phi) is 6.18. The van der Waals surface area contributed by atoms with E-state index in [-0.39, 0.29) is 17.2 Å². The molecule has 1 aromatic heterocycles. The topological polar surface area (TPSA) is 76.3 Å². The van der Waals surface area contributed by atoms with Gasteiger partial charge in [-0.3, -0.25) is 14.2 Å². The average molecular weight is 465 g/mol. The number of rotatable bonds is 6. The van der Waals surface area contributed by atoms with Crippen molar-refractivity contribution >= 4 is 45.6 Å². The molecule has 0 saturated heterocycles. The first-order chi connectivity index (χ1) is 16.7. The molecule has 0 spiro atoms. The third-order valence-electron chi connectivity index (χ3n) is 5.31. The van der Waals surface area contributed by atoms with Crippen LogP contribution in [-0.4, -0.2) is 27.4 Å². The second kappa shape index (κ2) is 9.72. The molecule has 7 heteroatoms. The van der Waals surface area contributed by atoms with E-state index < -0.39 is 0 Å². The number of carbonyl (C=O) groups is 1. The number of amides is 1. The molecule has 1 heterocycles. The molecule has 0 saturated carbocycles. The predicted molar refractivity (Wildman–Crippen MR) is 138 cm³/mol. The fourth-order valence-corrected chi connectivity index (χ4v) is 4.52. The van der Waals surface area contributed by atoms with Gasteiger partial charge in [0, 0.05) is 5.56 Å². The highest BCUT2D eigenvalue weighted by Gasteiger charge is 2.14. The smallest absolute Gasteiger partial charge is 0.266 e. The van der Waals surface area contributed by atoms with E-state index in [1.807, 2.05) is 84.9 Å². The highest BCUT2D eigenvalue weighted by molar-refractivity contribution is 7.99. The molecule has 5 rings (SSSR count). The Bertz CT molecular complexity index is 1570. The van der Waals surface area contributed by atoms with Crippen LogP contribution in [-0.2, 0) is 4.79 Å². The van der Waals surface area contributed by atoms with Crippen molar-refractivity contribution in [2.75, 3.05) is 5.75 Å². The molecule has 34 heavy (non-hydrogen) atoms. The first-order valence-corrected chi connectivity index (χ1v) is 11.7. The van der Waals surface area contributed by atoms with Crippen LogP contribution in [0.4, 0.5) is 0 Å². The Morgan fingerprint density at radius 3 is 2.44 bits per heavy atom. The van der Waals surface area contributed by atoms with Crippen LogP contribution in [0.2, 0.25) is 0 Å². The number of aromatic nitrogens is 2. The zero-order valence-corrected chi connectivity index (χ0v) is 18.9. The molecule has 1 amide bonds. The average Bonchev–Trinajstić information content (AvgIpc) is 2.88. The molecule has 5 aromatic rings. The number of hydrogen-bond donors (Lipinski definition) is 1. The maximum Gasteiger partial charge on any atom is 0.266 e. The van der Waals surface area contributed by atoms with Crippen LogP contribution in [0.15, 0.2) is 112 Å². The molecule has 166 valence electrons. The molecular weight excluding hydrogens is 444 g/mol. The van der Waals surface area contributed by atoms with Crippen LogP contribution < -0.4 is 11.0 Å². The molecule has 6 nitrogen and oxygen atoms in total. The van der Waals surface area contributed by atoms with Crippen molar-refractivity contribution in [1.29, 1.82) is 0 Å². The van der Waals surface area contributed by atoms with Crippen LogP contribution in [0.1, 0.15) is 5.56 Å². The third kappa shape index (κ3) is 4.46. The Labute approximate surface area is 200 Å². The molecule has 0 atom stereocenters. The summed E-state index contributed by atoms with van der Waals surface area (Å²) in [5.74, 6) is -0.228. The van der Waals surface area contributed by atoms with Crippen molar-refractivity contribution in [3.63, 3.8) is 0 Å². The van der Waals surface area contributed by atoms with Gasteiger partial charge in [-0.2, -0.15) is 5.10 Å². The van der Waals surface area contributed by atoms with Crippen LogP contribution >= 0.6 is 11.8 Å². The van der Waals surface area contributed by atoms with Gasteiger partial charge in [0.15, 0.2) is 5.16 Å². The number of nitrogens with zero attached hydrogens (tertiary/aromatic N) is 3. The van der Waals surface area contributed by atoms with Gasteiger partial charge >= 0.3 is 0 Å². The fraction of sp³-hybridized carbons (Fsp3) is 0.0370. The SMILES string of the molecule is O=C(CSc1nc2ccccc2c(=O)n1-c1ccccc1)NN=Cc1cccc2ccccc12. The van der Waals surface area contributed by atoms with Gasteiger partial charge in [0.05, 0.1) is 28.6 Å². The van der Waals surface area contributed by atoms with Crippen LogP contribution in [0.25, 0.3) is 27.4 Å². The molecular formula is C27H20N4O2S. The number of nitrogens with one attached hydrogen (secondary N) is 1. The van der Waals surface area contributed by atoms with Gasteiger partial charge < -0.3 is 0 Å². The summed E-state index contributed by atoms with van der Waals surface area (Å²) in [7, 11) is 0. The van der Waals surface area contributed by atoms with Gasteiger partial charge in [0.1, 0.15) is 0 Å². The van der Waals surface area contributed by atoms with E-state index in [4.69, 9.17) is 0 Å². The van der Waals surface area contributed by atoms with Crippen molar-refractivity contribution in [2.24, 2.45) is 5.10 Å². The van der Waals surface area contributed by atoms with Gasteiger partial charge in [-0.05, 0) is 35.0 Å². The molecule has 0 aliphatic heterocycles. The van der Waals surface area contributed by atoms with Gasteiger partial charge in [-0.1, -0.05) is 84.6 Å². The van der Waals surface area contributed by atoms with Gasteiger partial charge in [0.25, 0.3) is 11.5 Å². The summed E-state index contributed by atoms with van der Waals surface area (Å²) in [6.07, 6.45) is 1.64. The largest absolute Gasteiger partial charge is 0.272 e. The number of fused-ring (bicyclic) bond motifs is 2. The summed E-state index contributed by atoms with van der Waals surface area (Å²) < 4.78 is 1.54. The summed E-state index contributed by atoms with van der Waals surface area (Å²) in [6, 6.07) is 30.4. The highest BCUT2D eigenvalue weighted by atomic mass is 32.2. The lowest BCUT2D eigenvalue weighted by Gasteiger charge is -2.12. The van der Waals surface area contributed by atoms with E-state index in [9.17, 15) is 9.59 Å². The zero-order valence-electron chi connectivity index (χ0n) is 18.1. The minimum atomic E-state index is -0.288. The third-order valence-corrected chi connectivity index (χ3v) is 6.25. The lowest BCUT2D eigenvalue weighted by molar-refractivity contribution is -0.118. The predicted octanol–water partition coefficient (Wildman–Crippen LogP) is 4.78. The normalized spacial score (nSPS) is 11.3. The molecule has 0 radical (unpaired) electrons. The maximum atomic E-state index is 13.2. The minimum absolute atomic E-state index is 0.0600. The van der Waals surface area contributed by atoms with Gasteiger partial charge in [-0.15, -0.1) is 0 Å². The van der Waals surface area contributed by atoms with Crippen LogP contribution in [0.3, 0.4) is 0 Å². The van der Waals surface area contributed by atoms with Crippen molar-refractivity contribution in [1.82, 2.24) is 15.0 Å². The standard InChI is InChI=1S/C27H20N4O2S/c32-25(30-28-17-20-11-8-10-19-9-4-5-14-22(19)20)18-34-27-29-24-16-7-6-15-23(24)26(33)31(27)21-12-2-1-3-13-21/h1-17H,18H2,(H,30,32). The molecule has 0 bridgehead atoms. The van der Waals surface area contributed by atoms with E-state index in [2.05, 4.69) is 15.5 Å². The Morgan fingerprint density at radius 1 is 0.882 bits per heavy atom. The summed E-state index contributed by atoms with van der Waals surface area (Å²) in [5.41, 5.74) is 4.61.